The van der Waals surface area contributed by atoms with Gasteiger partial charge in [-0.25, -0.2) is 0 Å². The van der Waals surface area contributed by atoms with Crippen LogP contribution in [0.2, 0.25) is 0 Å². The quantitative estimate of drug-likeness (QED) is 0.628. The van der Waals surface area contributed by atoms with Crippen molar-refractivity contribution in [3.8, 4) is 0 Å². The summed E-state index contributed by atoms with van der Waals surface area (Å²) in [5.74, 6) is 0.481. The van der Waals surface area contributed by atoms with Gasteiger partial charge in [0.05, 0.1) is 31.5 Å². The molecule has 0 aliphatic carbocycles. The molecule has 2 fully saturated rings. The summed E-state index contributed by atoms with van der Waals surface area (Å²) in [7, 11) is 0. The van der Waals surface area contributed by atoms with Gasteiger partial charge in [-0.1, -0.05) is 6.92 Å². The summed E-state index contributed by atoms with van der Waals surface area (Å²) in [5, 5.41) is 8.93. The lowest BCUT2D eigenvalue weighted by atomic mass is 9.90. The smallest absolute Gasteiger partial charge is 0.0967 e. The SMILES string of the molecule is CC1COCC12CCC(CO)O2. The zero-order chi connectivity index (χ0) is 8.60. The Kier molecular flexibility index (Phi) is 2.10. The zero-order valence-electron chi connectivity index (χ0n) is 7.45. The van der Waals surface area contributed by atoms with Gasteiger partial charge in [-0.2, -0.15) is 0 Å². The molecule has 2 saturated heterocycles. The van der Waals surface area contributed by atoms with E-state index in [0.29, 0.717) is 12.5 Å². The Labute approximate surface area is 72.7 Å². The van der Waals surface area contributed by atoms with E-state index in [-0.39, 0.29) is 18.3 Å². The molecule has 3 unspecified atom stereocenters. The maximum atomic E-state index is 8.93. The van der Waals surface area contributed by atoms with Crippen LogP contribution in [0.25, 0.3) is 0 Å². The Balaban J connectivity index is 2.04. The molecule has 3 nitrogen and oxygen atoms in total. The minimum absolute atomic E-state index is 0.0501. The van der Waals surface area contributed by atoms with E-state index in [1.165, 1.54) is 0 Å². The summed E-state index contributed by atoms with van der Waals surface area (Å²) in [6.07, 6.45) is 2.07. The summed E-state index contributed by atoms with van der Waals surface area (Å²) in [6.45, 7) is 3.82. The summed E-state index contributed by atoms with van der Waals surface area (Å²) >= 11 is 0. The van der Waals surface area contributed by atoms with Gasteiger partial charge in [-0.05, 0) is 12.8 Å². The molecule has 2 rings (SSSR count). The Hall–Kier alpha value is -0.120. The highest BCUT2D eigenvalue weighted by atomic mass is 16.6. The van der Waals surface area contributed by atoms with Gasteiger partial charge in [-0.15, -0.1) is 0 Å². The number of rotatable bonds is 1. The van der Waals surface area contributed by atoms with Crippen LogP contribution in [0.4, 0.5) is 0 Å². The summed E-state index contributed by atoms with van der Waals surface area (Å²) < 4.78 is 11.2. The van der Waals surface area contributed by atoms with E-state index in [9.17, 15) is 0 Å². The summed E-state index contributed by atoms with van der Waals surface area (Å²) in [4.78, 5) is 0. The van der Waals surface area contributed by atoms with Crippen molar-refractivity contribution in [2.75, 3.05) is 19.8 Å². The minimum Gasteiger partial charge on any atom is -0.394 e. The molecule has 3 atom stereocenters. The Morgan fingerprint density at radius 3 is 2.92 bits per heavy atom. The van der Waals surface area contributed by atoms with Crippen LogP contribution < -0.4 is 0 Å². The van der Waals surface area contributed by atoms with Gasteiger partial charge in [0.1, 0.15) is 0 Å². The van der Waals surface area contributed by atoms with Crippen LogP contribution in [0.5, 0.6) is 0 Å². The van der Waals surface area contributed by atoms with Crippen LogP contribution in [0.3, 0.4) is 0 Å². The molecular formula is C9H16O3. The molecule has 2 heterocycles. The predicted molar refractivity (Wildman–Crippen MR) is 43.9 cm³/mol. The molecule has 1 N–H and O–H groups in total. The number of aliphatic hydroxyl groups excluding tert-OH is 1. The van der Waals surface area contributed by atoms with Crippen LogP contribution in [0, 0.1) is 5.92 Å². The zero-order valence-corrected chi connectivity index (χ0v) is 7.45. The monoisotopic (exact) mass is 172 g/mol. The normalized spacial score (nSPS) is 47.5. The van der Waals surface area contributed by atoms with E-state index in [1.54, 1.807) is 0 Å². The third-order valence-electron chi connectivity index (χ3n) is 3.11. The Bertz CT molecular complexity index is 171. The molecule has 0 aromatic carbocycles. The first kappa shape index (κ1) is 8.48. The highest BCUT2D eigenvalue weighted by Gasteiger charge is 2.47. The number of ether oxygens (including phenoxy) is 2. The van der Waals surface area contributed by atoms with Crippen LogP contribution in [0.1, 0.15) is 19.8 Å². The molecule has 0 radical (unpaired) electrons. The molecule has 1 spiro atoms. The molecule has 70 valence electrons. The fourth-order valence-electron chi connectivity index (χ4n) is 2.15. The maximum Gasteiger partial charge on any atom is 0.0967 e. The average Bonchev–Trinajstić information content (AvgIpc) is 2.63. The van der Waals surface area contributed by atoms with Crippen molar-refractivity contribution < 1.29 is 14.6 Å². The van der Waals surface area contributed by atoms with E-state index < -0.39 is 0 Å². The van der Waals surface area contributed by atoms with E-state index in [4.69, 9.17) is 14.6 Å². The van der Waals surface area contributed by atoms with Crippen LogP contribution in [0.15, 0.2) is 0 Å². The van der Waals surface area contributed by atoms with Gasteiger partial charge in [0.2, 0.25) is 0 Å². The van der Waals surface area contributed by atoms with Crippen molar-refractivity contribution in [2.24, 2.45) is 5.92 Å². The first-order chi connectivity index (χ1) is 5.77. The largest absolute Gasteiger partial charge is 0.394 e. The van der Waals surface area contributed by atoms with E-state index in [2.05, 4.69) is 6.92 Å². The van der Waals surface area contributed by atoms with Crippen LogP contribution >= 0.6 is 0 Å². The lowest BCUT2D eigenvalue weighted by Gasteiger charge is -2.26. The second-order valence-corrected chi connectivity index (χ2v) is 3.94. The molecule has 3 heteroatoms. The molecule has 0 aromatic heterocycles. The number of hydrogen-bond acceptors (Lipinski definition) is 3. The number of aliphatic hydroxyl groups is 1. The lowest BCUT2D eigenvalue weighted by molar-refractivity contribution is -0.0765. The molecule has 12 heavy (non-hydrogen) atoms. The van der Waals surface area contributed by atoms with Crippen LogP contribution in [-0.4, -0.2) is 36.6 Å². The minimum atomic E-state index is -0.0621. The van der Waals surface area contributed by atoms with Crippen molar-refractivity contribution in [1.82, 2.24) is 0 Å². The molecule has 0 aromatic rings. The first-order valence-electron chi connectivity index (χ1n) is 4.63. The van der Waals surface area contributed by atoms with Gasteiger partial charge in [0, 0.05) is 5.92 Å². The summed E-state index contributed by atoms with van der Waals surface area (Å²) in [6, 6.07) is 0. The molecule has 0 bridgehead atoms. The Morgan fingerprint density at radius 1 is 1.58 bits per heavy atom. The standard InChI is InChI=1S/C9H16O3/c1-7-5-11-6-9(7)3-2-8(4-10)12-9/h7-8,10H,2-6H2,1H3. The second kappa shape index (κ2) is 2.98. The van der Waals surface area contributed by atoms with Crippen LogP contribution in [-0.2, 0) is 9.47 Å². The van der Waals surface area contributed by atoms with Gasteiger partial charge >= 0.3 is 0 Å². The summed E-state index contributed by atoms with van der Waals surface area (Å²) in [5.41, 5.74) is -0.0621. The number of hydrogen-bond donors (Lipinski definition) is 1. The first-order valence-corrected chi connectivity index (χ1v) is 4.63. The lowest BCUT2D eigenvalue weighted by Crippen LogP contribution is -2.36. The fraction of sp³-hybridized carbons (Fsp3) is 1.00. The molecule has 0 amide bonds. The van der Waals surface area contributed by atoms with Crippen molar-refractivity contribution in [1.29, 1.82) is 0 Å². The highest BCUT2D eigenvalue weighted by molar-refractivity contribution is 4.96. The fourth-order valence-corrected chi connectivity index (χ4v) is 2.15. The highest BCUT2D eigenvalue weighted by Crippen LogP contribution is 2.40. The molecule has 2 aliphatic rings. The molecule has 0 saturated carbocycles. The van der Waals surface area contributed by atoms with E-state index in [0.717, 1.165) is 19.4 Å². The van der Waals surface area contributed by atoms with Gasteiger partial charge < -0.3 is 14.6 Å². The second-order valence-electron chi connectivity index (χ2n) is 3.94. The maximum absolute atomic E-state index is 8.93. The van der Waals surface area contributed by atoms with Crippen molar-refractivity contribution in [3.05, 3.63) is 0 Å². The van der Waals surface area contributed by atoms with Gasteiger partial charge in [0.15, 0.2) is 0 Å². The topological polar surface area (TPSA) is 38.7 Å². The van der Waals surface area contributed by atoms with Crippen molar-refractivity contribution >= 4 is 0 Å². The third kappa shape index (κ3) is 1.16. The predicted octanol–water partition coefficient (Wildman–Crippen LogP) is 0.563. The van der Waals surface area contributed by atoms with Crippen molar-refractivity contribution in [3.63, 3.8) is 0 Å². The van der Waals surface area contributed by atoms with Gasteiger partial charge in [-0.3, -0.25) is 0 Å². The van der Waals surface area contributed by atoms with Crippen molar-refractivity contribution in [2.45, 2.75) is 31.5 Å². The van der Waals surface area contributed by atoms with Gasteiger partial charge in [0.25, 0.3) is 0 Å². The third-order valence-corrected chi connectivity index (χ3v) is 3.11. The Morgan fingerprint density at radius 2 is 2.42 bits per heavy atom. The molecular weight excluding hydrogens is 156 g/mol. The van der Waals surface area contributed by atoms with E-state index >= 15 is 0 Å². The molecule has 2 aliphatic heterocycles. The van der Waals surface area contributed by atoms with E-state index in [1.807, 2.05) is 0 Å². The average molecular weight is 172 g/mol.